The molecular weight excluding hydrogens is 263 g/mol. The highest BCUT2D eigenvalue weighted by molar-refractivity contribution is 7.89. The average molecular weight is 274 g/mol. The summed E-state index contributed by atoms with van der Waals surface area (Å²) in [6.07, 6.45) is 1.32. The van der Waals surface area contributed by atoms with E-state index in [0.717, 1.165) is 18.2 Å². The van der Waals surface area contributed by atoms with Crippen molar-refractivity contribution in [2.75, 3.05) is 0 Å². The number of sulfonamides is 1. The van der Waals surface area contributed by atoms with Gasteiger partial charge in [-0.2, -0.15) is 4.39 Å². The van der Waals surface area contributed by atoms with Crippen molar-refractivity contribution >= 4 is 15.7 Å². The van der Waals surface area contributed by atoms with Crippen LogP contribution in [0.2, 0.25) is 0 Å². The summed E-state index contributed by atoms with van der Waals surface area (Å²) in [5.74, 6) is -1.16. The van der Waals surface area contributed by atoms with Gasteiger partial charge in [0.2, 0.25) is 15.8 Å². The summed E-state index contributed by atoms with van der Waals surface area (Å²) in [6, 6.07) is 3.01. The van der Waals surface area contributed by atoms with Gasteiger partial charge in [-0.05, 0) is 31.9 Å². The lowest BCUT2D eigenvalue weighted by Gasteiger charge is -2.12. The van der Waals surface area contributed by atoms with Crippen molar-refractivity contribution in [2.45, 2.75) is 30.2 Å². The Morgan fingerprint density at radius 1 is 1.44 bits per heavy atom. The molecule has 1 saturated carbocycles. The summed E-state index contributed by atoms with van der Waals surface area (Å²) < 4.78 is 39.7. The second-order valence-corrected chi connectivity index (χ2v) is 6.16. The lowest BCUT2D eigenvalue weighted by molar-refractivity contribution is -0.390. The van der Waals surface area contributed by atoms with E-state index in [9.17, 15) is 22.9 Å². The van der Waals surface area contributed by atoms with Crippen LogP contribution in [0.3, 0.4) is 0 Å². The quantitative estimate of drug-likeness (QED) is 0.666. The summed E-state index contributed by atoms with van der Waals surface area (Å²) in [4.78, 5) is 9.08. The molecule has 0 aliphatic heterocycles. The van der Waals surface area contributed by atoms with Crippen LogP contribution in [0.1, 0.15) is 19.8 Å². The molecule has 0 spiro atoms. The lowest BCUT2D eigenvalue weighted by Crippen LogP contribution is -2.34. The van der Waals surface area contributed by atoms with Crippen LogP contribution in [-0.4, -0.2) is 18.9 Å². The summed E-state index contributed by atoms with van der Waals surface area (Å²) in [5.41, 5.74) is -1.59. The van der Waals surface area contributed by atoms with Crippen LogP contribution in [0.4, 0.5) is 10.1 Å². The third-order valence-electron chi connectivity index (χ3n) is 2.80. The minimum absolute atomic E-state index is 0.570. The van der Waals surface area contributed by atoms with Gasteiger partial charge in [0.25, 0.3) is 0 Å². The Morgan fingerprint density at radius 2 is 2.06 bits per heavy atom. The zero-order valence-electron chi connectivity index (χ0n) is 9.51. The molecule has 0 radical (unpaired) electrons. The Kier molecular flexibility index (Phi) is 2.86. The summed E-state index contributed by atoms with van der Waals surface area (Å²) >= 11 is 0. The summed E-state index contributed by atoms with van der Waals surface area (Å²) in [6.45, 7) is 1.69. The van der Waals surface area contributed by atoms with Crippen LogP contribution in [-0.2, 0) is 10.0 Å². The van der Waals surface area contributed by atoms with E-state index < -0.39 is 36.9 Å². The maximum absolute atomic E-state index is 13.3. The van der Waals surface area contributed by atoms with Gasteiger partial charge in [-0.3, -0.25) is 10.1 Å². The van der Waals surface area contributed by atoms with Crippen LogP contribution in [0.5, 0.6) is 0 Å². The lowest BCUT2D eigenvalue weighted by atomic mass is 10.3. The molecule has 1 aromatic carbocycles. The number of nitro groups is 1. The first-order valence-corrected chi connectivity index (χ1v) is 6.70. The van der Waals surface area contributed by atoms with Crippen LogP contribution in [0, 0.1) is 15.9 Å². The third-order valence-corrected chi connectivity index (χ3v) is 4.47. The first-order chi connectivity index (χ1) is 8.25. The number of benzene rings is 1. The van der Waals surface area contributed by atoms with E-state index in [2.05, 4.69) is 4.72 Å². The molecule has 2 rings (SSSR count). The molecule has 8 heteroatoms. The molecule has 6 nitrogen and oxygen atoms in total. The number of nitrogens with zero attached hydrogens (tertiary/aromatic N) is 1. The summed E-state index contributed by atoms with van der Waals surface area (Å²) in [7, 11) is -4.09. The molecular formula is C10H11FN2O4S. The molecule has 1 aromatic rings. The number of rotatable bonds is 4. The highest BCUT2D eigenvalue weighted by Gasteiger charge is 2.43. The van der Waals surface area contributed by atoms with Crippen molar-refractivity contribution < 1.29 is 17.7 Å². The fourth-order valence-corrected chi connectivity index (χ4v) is 3.21. The Balaban J connectivity index is 2.50. The minimum Gasteiger partial charge on any atom is -0.258 e. The van der Waals surface area contributed by atoms with Crippen molar-refractivity contribution in [1.82, 2.24) is 4.72 Å². The van der Waals surface area contributed by atoms with Crippen molar-refractivity contribution in [2.24, 2.45) is 0 Å². The third kappa shape index (κ3) is 2.34. The molecule has 0 unspecified atom stereocenters. The Hall–Kier alpha value is -1.54. The number of nitrogens with one attached hydrogen (secondary N) is 1. The molecule has 18 heavy (non-hydrogen) atoms. The van der Waals surface area contributed by atoms with Gasteiger partial charge in [0.15, 0.2) is 4.90 Å². The van der Waals surface area contributed by atoms with Crippen molar-refractivity contribution in [3.8, 4) is 0 Å². The maximum atomic E-state index is 13.3. The first kappa shape index (κ1) is 12.9. The molecule has 0 bridgehead atoms. The monoisotopic (exact) mass is 274 g/mol. The average Bonchev–Trinajstić information content (AvgIpc) is 2.93. The number of para-hydroxylation sites is 1. The normalized spacial score (nSPS) is 17.4. The second-order valence-electron chi connectivity index (χ2n) is 4.51. The van der Waals surface area contributed by atoms with Crippen LogP contribution in [0.15, 0.2) is 23.1 Å². The number of hydrogen-bond acceptors (Lipinski definition) is 4. The Bertz CT molecular complexity index is 610. The van der Waals surface area contributed by atoms with Crippen molar-refractivity contribution in [3.05, 3.63) is 34.1 Å². The van der Waals surface area contributed by atoms with Gasteiger partial charge >= 0.3 is 5.69 Å². The molecule has 98 valence electrons. The number of halogens is 1. The van der Waals surface area contributed by atoms with Crippen LogP contribution >= 0.6 is 0 Å². The Morgan fingerprint density at radius 3 is 2.56 bits per heavy atom. The van der Waals surface area contributed by atoms with E-state index in [-0.39, 0.29) is 0 Å². The molecule has 1 N–H and O–H groups in total. The van der Waals surface area contributed by atoms with E-state index in [4.69, 9.17) is 0 Å². The first-order valence-electron chi connectivity index (χ1n) is 5.22. The SMILES string of the molecule is CC1(NS(=O)(=O)c2cccc(F)c2[N+](=O)[O-])CC1. The smallest absolute Gasteiger partial charge is 0.258 e. The van der Waals surface area contributed by atoms with Gasteiger partial charge in [-0.15, -0.1) is 0 Å². The number of nitro benzene ring substituents is 1. The van der Waals surface area contributed by atoms with Crippen molar-refractivity contribution in [1.29, 1.82) is 0 Å². The van der Waals surface area contributed by atoms with E-state index in [1.54, 1.807) is 6.92 Å². The fourth-order valence-electron chi connectivity index (χ4n) is 1.56. The van der Waals surface area contributed by atoms with E-state index in [1.807, 2.05) is 0 Å². The topological polar surface area (TPSA) is 89.3 Å². The number of hydrogen-bond donors (Lipinski definition) is 1. The maximum Gasteiger partial charge on any atom is 0.324 e. The molecule has 0 saturated heterocycles. The minimum atomic E-state index is -4.09. The highest BCUT2D eigenvalue weighted by atomic mass is 32.2. The molecule has 0 heterocycles. The second kappa shape index (κ2) is 3.99. The van der Waals surface area contributed by atoms with Crippen LogP contribution in [0.25, 0.3) is 0 Å². The zero-order chi connectivity index (χ0) is 13.6. The van der Waals surface area contributed by atoms with Gasteiger partial charge in [0.1, 0.15) is 0 Å². The van der Waals surface area contributed by atoms with E-state index in [0.29, 0.717) is 12.8 Å². The highest BCUT2D eigenvalue weighted by Crippen LogP contribution is 2.37. The van der Waals surface area contributed by atoms with Gasteiger partial charge in [0.05, 0.1) is 4.92 Å². The molecule has 1 aliphatic carbocycles. The van der Waals surface area contributed by atoms with Gasteiger partial charge in [0, 0.05) is 5.54 Å². The predicted molar refractivity (Wildman–Crippen MR) is 61.0 cm³/mol. The largest absolute Gasteiger partial charge is 0.324 e. The standard InChI is InChI=1S/C10H11FN2O4S/c1-10(5-6-10)12-18(16,17)8-4-2-3-7(11)9(8)13(14)15/h2-4,12H,5-6H2,1H3. The zero-order valence-corrected chi connectivity index (χ0v) is 10.3. The molecule has 0 amide bonds. The van der Waals surface area contributed by atoms with Crippen molar-refractivity contribution in [3.63, 3.8) is 0 Å². The molecule has 1 aliphatic rings. The van der Waals surface area contributed by atoms with E-state index in [1.165, 1.54) is 0 Å². The Labute approximate surface area is 103 Å². The van der Waals surface area contributed by atoms with Gasteiger partial charge in [-0.25, -0.2) is 13.1 Å². The summed E-state index contributed by atoms with van der Waals surface area (Å²) in [5, 5.41) is 10.7. The van der Waals surface area contributed by atoms with Gasteiger partial charge in [-0.1, -0.05) is 6.07 Å². The van der Waals surface area contributed by atoms with Crippen LogP contribution < -0.4 is 4.72 Å². The molecule has 1 fully saturated rings. The fraction of sp³-hybridized carbons (Fsp3) is 0.400. The predicted octanol–water partition coefficient (Wildman–Crippen LogP) is 1.56. The van der Waals surface area contributed by atoms with Gasteiger partial charge < -0.3 is 0 Å². The molecule has 0 aromatic heterocycles. The molecule has 0 atom stereocenters. The van der Waals surface area contributed by atoms with E-state index >= 15 is 0 Å².